The zero-order valence-electron chi connectivity index (χ0n) is 11.8. The Hall–Kier alpha value is -2.21. The Balaban J connectivity index is 1.55. The molecule has 0 aliphatic carbocycles. The van der Waals surface area contributed by atoms with E-state index in [-0.39, 0.29) is 0 Å². The number of benzene rings is 1. The third-order valence-electron chi connectivity index (χ3n) is 4.08. The molecule has 0 spiro atoms. The number of para-hydroxylation sites is 2. The maximum atomic E-state index is 5.42. The van der Waals surface area contributed by atoms with Gasteiger partial charge in [-0.25, -0.2) is 4.98 Å². The predicted molar refractivity (Wildman–Crippen MR) is 78.0 cm³/mol. The van der Waals surface area contributed by atoms with Crippen molar-refractivity contribution < 1.29 is 4.52 Å². The average molecular weight is 283 g/mol. The van der Waals surface area contributed by atoms with Crippen molar-refractivity contribution in [3.63, 3.8) is 0 Å². The Bertz CT molecular complexity index is 729. The first-order chi connectivity index (χ1) is 10.3. The molecule has 0 bridgehead atoms. The van der Waals surface area contributed by atoms with Crippen molar-refractivity contribution in [3.05, 3.63) is 41.8 Å². The van der Waals surface area contributed by atoms with E-state index in [1.807, 2.05) is 24.3 Å². The molecule has 3 aromatic rings. The molecule has 0 saturated carbocycles. The van der Waals surface area contributed by atoms with Crippen molar-refractivity contribution in [1.82, 2.24) is 25.4 Å². The Kier molecular flexibility index (Phi) is 2.96. The van der Waals surface area contributed by atoms with Gasteiger partial charge in [0.1, 0.15) is 5.82 Å². The van der Waals surface area contributed by atoms with Crippen molar-refractivity contribution in [3.8, 4) is 0 Å². The normalized spacial score (nSPS) is 22.1. The Labute approximate surface area is 122 Å². The number of H-pyrrole nitrogens is 1. The highest BCUT2D eigenvalue weighted by atomic mass is 16.5. The predicted octanol–water partition coefficient (Wildman–Crippen LogP) is 1.86. The van der Waals surface area contributed by atoms with Crippen LogP contribution >= 0.6 is 0 Å². The van der Waals surface area contributed by atoms with Gasteiger partial charge in [-0.3, -0.25) is 0 Å². The maximum Gasteiger partial charge on any atom is 0.231 e. The number of aromatic amines is 1. The van der Waals surface area contributed by atoms with Crippen LogP contribution in [0.4, 0.5) is 0 Å². The first-order valence-corrected chi connectivity index (χ1v) is 7.26. The molecule has 1 fully saturated rings. The van der Waals surface area contributed by atoms with Gasteiger partial charge in [-0.2, -0.15) is 4.98 Å². The second-order valence-corrected chi connectivity index (χ2v) is 5.67. The fraction of sp³-hybridized carbons (Fsp3) is 0.400. The molecule has 2 N–H and O–H groups in total. The molecule has 2 unspecified atom stereocenters. The van der Waals surface area contributed by atoms with E-state index in [0.717, 1.165) is 35.8 Å². The molecule has 21 heavy (non-hydrogen) atoms. The first kappa shape index (κ1) is 12.5. The summed E-state index contributed by atoms with van der Waals surface area (Å²) in [7, 11) is 0. The van der Waals surface area contributed by atoms with Gasteiger partial charge in [-0.15, -0.1) is 0 Å². The number of hydrogen-bond donors (Lipinski definition) is 2. The molecule has 1 aliphatic heterocycles. The lowest BCUT2D eigenvalue weighted by atomic mass is 9.98. The average Bonchev–Trinajstić information content (AvgIpc) is 3.17. The third-order valence-corrected chi connectivity index (χ3v) is 4.08. The number of rotatable bonds is 3. The van der Waals surface area contributed by atoms with Gasteiger partial charge in [0.25, 0.3) is 0 Å². The van der Waals surface area contributed by atoms with E-state index < -0.39 is 0 Å². The highest BCUT2D eigenvalue weighted by Crippen LogP contribution is 2.26. The Morgan fingerprint density at radius 2 is 2.14 bits per heavy atom. The second-order valence-electron chi connectivity index (χ2n) is 5.67. The number of hydrogen-bond acceptors (Lipinski definition) is 5. The molecule has 2 atom stereocenters. The van der Waals surface area contributed by atoms with Crippen LogP contribution in [0, 0.1) is 5.92 Å². The minimum absolute atomic E-state index is 0.321. The summed E-state index contributed by atoms with van der Waals surface area (Å²) >= 11 is 0. The molecular weight excluding hydrogens is 266 g/mol. The number of aromatic nitrogens is 4. The molecule has 1 aliphatic rings. The maximum absolute atomic E-state index is 5.42. The van der Waals surface area contributed by atoms with Crippen LogP contribution < -0.4 is 5.32 Å². The molecule has 108 valence electrons. The van der Waals surface area contributed by atoms with Gasteiger partial charge in [0.05, 0.1) is 23.4 Å². The molecule has 1 aromatic carbocycles. The van der Waals surface area contributed by atoms with Gasteiger partial charge in [-0.05, 0) is 24.6 Å². The topological polar surface area (TPSA) is 79.6 Å². The molecule has 2 aromatic heterocycles. The van der Waals surface area contributed by atoms with Crippen molar-refractivity contribution in [2.75, 3.05) is 13.1 Å². The van der Waals surface area contributed by atoms with E-state index in [1.165, 1.54) is 0 Å². The highest BCUT2D eigenvalue weighted by Gasteiger charge is 2.29. The summed E-state index contributed by atoms with van der Waals surface area (Å²) in [5.41, 5.74) is 2.00. The fourth-order valence-corrected chi connectivity index (χ4v) is 2.87. The molecule has 0 radical (unpaired) electrons. The van der Waals surface area contributed by atoms with Crippen LogP contribution in [0.5, 0.6) is 0 Å². The zero-order valence-corrected chi connectivity index (χ0v) is 11.8. The largest absolute Gasteiger partial charge is 0.342 e. The van der Waals surface area contributed by atoms with Gasteiger partial charge in [0, 0.05) is 6.54 Å². The van der Waals surface area contributed by atoms with Crippen LogP contribution in [0.15, 0.2) is 28.8 Å². The van der Waals surface area contributed by atoms with Gasteiger partial charge < -0.3 is 14.8 Å². The molecule has 3 heterocycles. The molecule has 0 amide bonds. The number of nitrogens with one attached hydrogen (secondary N) is 2. The SMILES string of the molecule is CC1CNCC1c1nc(Cc2nc3ccccc3[nH]2)no1. The van der Waals surface area contributed by atoms with Crippen molar-refractivity contribution in [2.45, 2.75) is 19.3 Å². The van der Waals surface area contributed by atoms with Gasteiger partial charge in [0.15, 0.2) is 5.82 Å². The summed E-state index contributed by atoms with van der Waals surface area (Å²) in [6, 6.07) is 7.97. The van der Waals surface area contributed by atoms with Crippen LogP contribution in [-0.4, -0.2) is 33.2 Å². The third kappa shape index (κ3) is 2.31. The van der Waals surface area contributed by atoms with E-state index in [2.05, 4.69) is 32.3 Å². The number of fused-ring (bicyclic) bond motifs is 1. The summed E-state index contributed by atoms with van der Waals surface area (Å²) in [5, 5.41) is 7.44. The molecule has 6 heteroatoms. The van der Waals surface area contributed by atoms with Crippen LogP contribution in [0.1, 0.15) is 30.4 Å². The molecule has 1 saturated heterocycles. The van der Waals surface area contributed by atoms with Crippen molar-refractivity contribution in [1.29, 1.82) is 0 Å². The van der Waals surface area contributed by atoms with Gasteiger partial charge >= 0.3 is 0 Å². The van der Waals surface area contributed by atoms with Crippen LogP contribution in [0.2, 0.25) is 0 Å². The van der Waals surface area contributed by atoms with E-state index in [0.29, 0.717) is 24.1 Å². The zero-order chi connectivity index (χ0) is 14.2. The standard InChI is InChI=1S/C15H17N5O/c1-9-7-16-8-10(9)15-19-14(20-21-15)6-13-17-11-4-2-3-5-12(11)18-13/h2-5,9-10,16H,6-8H2,1H3,(H,17,18). The molecular formula is C15H17N5O. The van der Waals surface area contributed by atoms with E-state index in [4.69, 9.17) is 4.52 Å². The summed E-state index contributed by atoms with van der Waals surface area (Å²) in [4.78, 5) is 12.4. The fourth-order valence-electron chi connectivity index (χ4n) is 2.87. The van der Waals surface area contributed by atoms with Crippen LogP contribution in [0.3, 0.4) is 0 Å². The highest BCUT2D eigenvalue weighted by molar-refractivity contribution is 5.74. The van der Waals surface area contributed by atoms with E-state index in [1.54, 1.807) is 0 Å². The lowest BCUT2D eigenvalue weighted by molar-refractivity contribution is 0.337. The second kappa shape index (κ2) is 4.96. The number of imidazole rings is 1. The van der Waals surface area contributed by atoms with Crippen molar-refractivity contribution in [2.24, 2.45) is 5.92 Å². The summed E-state index contributed by atoms with van der Waals surface area (Å²) in [6.07, 6.45) is 0.562. The minimum Gasteiger partial charge on any atom is -0.342 e. The lowest BCUT2D eigenvalue weighted by Crippen LogP contribution is -2.08. The Morgan fingerprint density at radius 1 is 1.24 bits per heavy atom. The lowest BCUT2D eigenvalue weighted by Gasteiger charge is -2.07. The molecule has 4 rings (SSSR count). The van der Waals surface area contributed by atoms with Gasteiger partial charge in [-0.1, -0.05) is 24.2 Å². The summed E-state index contributed by atoms with van der Waals surface area (Å²) < 4.78 is 5.42. The van der Waals surface area contributed by atoms with Crippen LogP contribution in [-0.2, 0) is 6.42 Å². The molecule has 6 nitrogen and oxygen atoms in total. The van der Waals surface area contributed by atoms with Crippen molar-refractivity contribution >= 4 is 11.0 Å². The van der Waals surface area contributed by atoms with E-state index in [9.17, 15) is 0 Å². The monoisotopic (exact) mass is 283 g/mol. The van der Waals surface area contributed by atoms with E-state index >= 15 is 0 Å². The minimum atomic E-state index is 0.321. The number of nitrogens with zero attached hydrogens (tertiary/aromatic N) is 3. The quantitative estimate of drug-likeness (QED) is 0.767. The van der Waals surface area contributed by atoms with Gasteiger partial charge in [0.2, 0.25) is 5.89 Å². The Morgan fingerprint density at radius 3 is 2.95 bits per heavy atom. The summed E-state index contributed by atoms with van der Waals surface area (Å²) in [5.74, 6) is 3.13. The smallest absolute Gasteiger partial charge is 0.231 e. The summed E-state index contributed by atoms with van der Waals surface area (Å²) in [6.45, 7) is 4.12. The first-order valence-electron chi connectivity index (χ1n) is 7.26. The van der Waals surface area contributed by atoms with Crippen LogP contribution in [0.25, 0.3) is 11.0 Å².